The van der Waals surface area contributed by atoms with Crippen LogP contribution in [0.1, 0.15) is 6.42 Å². The highest BCUT2D eigenvalue weighted by atomic mass is 15.1. The van der Waals surface area contributed by atoms with E-state index in [4.69, 9.17) is 11.5 Å². The van der Waals surface area contributed by atoms with Crippen molar-refractivity contribution in [2.45, 2.75) is 13.0 Å². The number of hydrogen-bond acceptors (Lipinski definition) is 6. The minimum Gasteiger partial charge on any atom is -0.393 e. The van der Waals surface area contributed by atoms with Crippen molar-refractivity contribution < 1.29 is 0 Å². The van der Waals surface area contributed by atoms with Gasteiger partial charge in [0.2, 0.25) is 0 Å². The predicted molar refractivity (Wildman–Crippen MR) is 66.2 cm³/mol. The van der Waals surface area contributed by atoms with Crippen molar-refractivity contribution in [3.8, 4) is 0 Å². The van der Waals surface area contributed by atoms with Gasteiger partial charge >= 0.3 is 0 Å². The molecule has 2 aromatic rings. The summed E-state index contributed by atoms with van der Waals surface area (Å²) in [5.41, 5.74) is 11.7. The summed E-state index contributed by atoms with van der Waals surface area (Å²) in [6.07, 6.45) is 7.81. The Labute approximate surface area is 98.9 Å². The standard InChI is InChI=1S/C10H15N7/c11-8-9(12)15-6-16-10(8)14-2-1-4-17-5-3-13-7-17/h3,5-7H,1-2,4,11H2,(H3,12,14,15,16). The number of nitrogen functional groups attached to an aromatic ring is 2. The Balaban J connectivity index is 1.80. The van der Waals surface area contributed by atoms with E-state index in [1.54, 1.807) is 12.5 Å². The van der Waals surface area contributed by atoms with Crippen molar-refractivity contribution in [1.82, 2.24) is 19.5 Å². The van der Waals surface area contributed by atoms with E-state index in [0.29, 0.717) is 17.3 Å². The van der Waals surface area contributed by atoms with Gasteiger partial charge in [-0.3, -0.25) is 0 Å². The van der Waals surface area contributed by atoms with Gasteiger partial charge in [-0.05, 0) is 6.42 Å². The number of aromatic nitrogens is 4. The number of rotatable bonds is 5. The normalized spacial score (nSPS) is 10.4. The first-order valence-corrected chi connectivity index (χ1v) is 5.33. The molecular weight excluding hydrogens is 218 g/mol. The van der Waals surface area contributed by atoms with Gasteiger partial charge in [0.15, 0.2) is 11.6 Å². The minimum absolute atomic E-state index is 0.303. The molecule has 0 unspecified atom stereocenters. The van der Waals surface area contributed by atoms with Crippen LogP contribution in [0.5, 0.6) is 0 Å². The molecule has 0 spiro atoms. The molecule has 2 rings (SSSR count). The lowest BCUT2D eigenvalue weighted by molar-refractivity contribution is 0.660. The Bertz CT molecular complexity index is 466. The SMILES string of the molecule is Nc1ncnc(NCCCn2ccnc2)c1N. The molecule has 0 radical (unpaired) electrons. The molecule has 2 aromatic heterocycles. The zero-order chi connectivity index (χ0) is 12.1. The summed E-state index contributed by atoms with van der Waals surface area (Å²) in [4.78, 5) is 11.8. The van der Waals surface area contributed by atoms with Gasteiger partial charge in [-0.2, -0.15) is 0 Å². The van der Waals surface area contributed by atoms with Crippen molar-refractivity contribution >= 4 is 17.3 Å². The number of nitrogens with zero attached hydrogens (tertiary/aromatic N) is 4. The highest BCUT2D eigenvalue weighted by molar-refractivity contribution is 5.71. The molecule has 0 saturated carbocycles. The summed E-state index contributed by atoms with van der Waals surface area (Å²) < 4.78 is 2.01. The highest BCUT2D eigenvalue weighted by Gasteiger charge is 2.03. The first-order valence-electron chi connectivity index (χ1n) is 5.33. The Morgan fingerprint density at radius 2 is 2.18 bits per heavy atom. The Morgan fingerprint density at radius 3 is 2.94 bits per heavy atom. The van der Waals surface area contributed by atoms with Crippen molar-refractivity contribution in [1.29, 1.82) is 0 Å². The van der Waals surface area contributed by atoms with E-state index < -0.39 is 0 Å². The van der Waals surface area contributed by atoms with Gasteiger partial charge in [0.25, 0.3) is 0 Å². The maximum Gasteiger partial charge on any atom is 0.154 e. The third-order valence-corrected chi connectivity index (χ3v) is 2.36. The van der Waals surface area contributed by atoms with Crippen molar-refractivity contribution in [2.24, 2.45) is 0 Å². The molecule has 0 fully saturated rings. The van der Waals surface area contributed by atoms with Gasteiger partial charge < -0.3 is 21.4 Å². The summed E-state index contributed by atoms with van der Waals surface area (Å²) in [5, 5.41) is 3.13. The minimum atomic E-state index is 0.303. The molecule has 17 heavy (non-hydrogen) atoms. The first kappa shape index (κ1) is 11.2. The third-order valence-electron chi connectivity index (χ3n) is 2.36. The van der Waals surface area contributed by atoms with Gasteiger partial charge in [0.05, 0.1) is 6.33 Å². The number of nitrogens with two attached hydrogens (primary N) is 2. The molecule has 0 atom stereocenters. The van der Waals surface area contributed by atoms with Crippen LogP contribution in [0.3, 0.4) is 0 Å². The lowest BCUT2D eigenvalue weighted by Crippen LogP contribution is -2.10. The average Bonchev–Trinajstić information content (AvgIpc) is 2.83. The molecule has 0 bridgehead atoms. The van der Waals surface area contributed by atoms with E-state index >= 15 is 0 Å². The second-order valence-corrected chi connectivity index (χ2v) is 3.60. The van der Waals surface area contributed by atoms with E-state index in [2.05, 4.69) is 20.3 Å². The summed E-state index contributed by atoms with van der Waals surface area (Å²) in [6.45, 7) is 1.66. The number of imidazole rings is 1. The van der Waals surface area contributed by atoms with E-state index in [9.17, 15) is 0 Å². The van der Waals surface area contributed by atoms with Gasteiger partial charge in [0, 0.05) is 25.5 Å². The molecular formula is C10H15N7. The quantitative estimate of drug-likeness (QED) is 0.643. The molecule has 7 nitrogen and oxygen atoms in total. The summed E-state index contributed by atoms with van der Waals surface area (Å²) >= 11 is 0. The molecule has 0 aliphatic rings. The van der Waals surface area contributed by atoms with E-state index in [1.165, 1.54) is 6.33 Å². The molecule has 5 N–H and O–H groups in total. The number of nitrogens with one attached hydrogen (secondary N) is 1. The summed E-state index contributed by atoms with van der Waals surface area (Å²) in [6, 6.07) is 0. The monoisotopic (exact) mass is 233 g/mol. The Kier molecular flexibility index (Phi) is 3.39. The van der Waals surface area contributed by atoms with E-state index in [-0.39, 0.29) is 0 Å². The molecule has 0 saturated heterocycles. The molecule has 0 amide bonds. The van der Waals surface area contributed by atoms with Gasteiger partial charge in [0.1, 0.15) is 12.0 Å². The zero-order valence-corrected chi connectivity index (χ0v) is 9.37. The fourth-order valence-corrected chi connectivity index (χ4v) is 1.44. The highest BCUT2D eigenvalue weighted by Crippen LogP contribution is 2.18. The number of hydrogen-bond donors (Lipinski definition) is 3. The van der Waals surface area contributed by atoms with E-state index in [0.717, 1.165) is 19.5 Å². The fourth-order valence-electron chi connectivity index (χ4n) is 1.44. The van der Waals surface area contributed by atoms with Gasteiger partial charge in [-0.15, -0.1) is 0 Å². The first-order chi connectivity index (χ1) is 8.27. The molecule has 0 aliphatic heterocycles. The maximum absolute atomic E-state index is 5.73. The van der Waals surface area contributed by atoms with Crippen LogP contribution < -0.4 is 16.8 Å². The second-order valence-electron chi connectivity index (χ2n) is 3.60. The van der Waals surface area contributed by atoms with Crippen molar-refractivity contribution in [2.75, 3.05) is 23.3 Å². The van der Waals surface area contributed by atoms with Crippen LogP contribution in [0.15, 0.2) is 25.0 Å². The largest absolute Gasteiger partial charge is 0.393 e. The smallest absolute Gasteiger partial charge is 0.154 e. The third kappa shape index (κ3) is 2.83. The van der Waals surface area contributed by atoms with Crippen molar-refractivity contribution in [3.05, 3.63) is 25.0 Å². The molecule has 7 heteroatoms. The van der Waals surface area contributed by atoms with Crippen LogP contribution in [0.2, 0.25) is 0 Å². The topological polar surface area (TPSA) is 108 Å². The molecule has 2 heterocycles. The predicted octanol–water partition coefficient (Wildman–Crippen LogP) is 0.340. The van der Waals surface area contributed by atoms with Crippen LogP contribution >= 0.6 is 0 Å². The van der Waals surface area contributed by atoms with Gasteiger partial charge in [-0.25, -0.2) is 15.0 Å². The Hall–Kier alpha value is -2.31. The van der Waals surface area contributed by atoms with Gasteiger partial charge in [-0.1, -0.05) is 0 Å². The van der Waals surface area contributed by atoms with Crippen LogP contribution in [0.25, 0.3) is 0 Å². The van der Waals surface area contributed by atoms with Crippen LogP contribution in [0, 0.1) is 0 Å². The second kappa shape index (κ2) is 5.15. The lowest BCUT2D eigenvalue weighted by atomic mass is 10.4. The number of anilines is 3. The van der Waals surface area contributed by atoms with Crippen LogP contribution in [-0.2, 0) is 6.54 Å². The lowest BCUT2D eigenvalue weighted by Gasteiger charge is -2.08. The molecule has 0 aromatic carbocycles. The van der Waals surface area contributed by atoms with Crippen LogP contribution in [-0.4, -0.2) is 26.1 Å². The Morgan fingerprint density at radius 1 is 1.29 bits per heavy atom. The summed E-state index contributed by atoms with van der Waals surface area (Å²) in [7, 11) is 0. The van der Waals surface area contributed by atoms with Crippen LogP contribution in [0.4, 0.5) is 17.3 Å². The fraction of sp³-hybridized carbons (Fsp3) is 0.300. The average molecular weight is 233 g/mol. The maximum atomic E-state index is 5.73. The number of aryl methyl sites for hydroxylation is 1. The molecule has 90 valence electrons. The summed E-state index contributed by atoms with van der Waals surface area (Å²) in [5.74, 6) is 0.889. The van der Waals surface area contributed by atoms with Crippen molar-refractivity contribution in [3.63, 3.8) is 0 Å². The molecule has 0 aliphatic carbocycles. The zero-order valence-electron chi connectivity index (χ0n) is 9.37. The van der Waals surface area contributed by atoms with E-state index in [1.807, 2.05) is 10.8 Å².